The molecule has 1 N–H and O–H groups in total. The number of carbonyl (C=O) groups is 2. The van der Waals surface area contributed by atoms with Crippen molar-refractivity contribution in [3.05, 3.63) is 113 Å². The molecule has 1 aliphatic carbocycles. The molecular formula is C30H28N2O3. The molecule has 1 atom stereocenters. The van der Waals surface area contributed by atoms with Gasteiger partial charge in [-0.05, 0) is 61.2 Å². The predicted octanol–water partition coefficient (Wildman–Crippen LogP) is 6.35. The molecule has 5 nitrogen and oxygen atoms in total. The van der Waals surface area contributed by atoms with E-state index >= 15 is 0 Å². The number of hydrogen-bond donors (Lipinski definition) is 1. The van der Waals surface area contributed by atoms with Gasteiger partial charge in [-0.3, -0.25) is 9.59 Å². The number of allylic oxidation sites excluding steroid dienone is 2. The molecule has 0 saturated carbocycles. The Balaban J connectivity index is 1.50. The van der Waals surface area contributed by atoms with E-state index < -0.39 is 5.92 Å². The molecule has 1 aliphatic heterocycles. The maximum atomic E-state index is 13.6. The van der Waals surface area contributed by atoms with Gasteiger partial charge in [0.15, 0.2) is 5.78 Å². The lowest BCUT2D eigenvalue weighted by atomic mass is 9.76. The van der Waals surface area contributed by atoms with Crippen molar-refractivity contribution in [3.63, 3.8) is 0 Å². The summed E-state index contributed by atoms with van der Waals surface area (Å²) in [7, 11) is 1.92. The number of benzene rings is 3. The van der Waals surface area contributed by atoms with Crippen LogP contribution in [0.5, 0.6) is 11.5 Å². The molecule has 0 aromatic heterocycles. The summed E-state index contributed by atoms with van der Waals surface area (Å²) in [6.45, 7) is 1.96. The van der Waals surface area contributed by atoms with Crippen molar-refractivity contribution in [2.45, 2.75) is 32.1 Å². The zero-order chi connectivity index (χ0) is 24.4. The number of anilines is 1. The highest BCUT2D eigenvalue weighted by atomic mass is 16.5. The number of rotatable bonds is 5. The number of aryl methyl sites for hydroxylation is 1. The predicted molar refractivity (Wildman–Crippen MR) is 137 cm³/mol. The quantitative estimate of drug-likeness (QED) is 0.478. The fraction of sp³-hybridized carbons (Fsp3) is 0.200. The molecule has 35 heavy (non-hydrogen) atoms. The van der Waals surface area contributed by atoms with Gasteiger partial charge in [-0.2, -0.15) is 0 Å². The topological polar surface area (TPSA) is 58.6 Å². The highest BCUT2D eigenvalue weighted by Crippen LogP contribution is 2.43. The molecule has 1 heterocycles. The third kappa shape index (κ3) is 4.62. The van der Waals surface area contributed by atoms with Crippen molar-refractivity contribution in [1.82, 2.24) is 4.90 Å². The fourth-order valence-corrected chi connectivity index (χ4v) is 4.85. The lowest BCUT2D eigenvalue weighted by Crippen LogP contribution is -2.34. The van der Waals surface area contributed by atoms with Crippen molar-refractivity contribution in [3.8, 4) is 11.5 Å². The van der Waals surface area contributed by atoms with E-state index in [1.54, 1.807) is 0 Å². The second-order valence-electron chi connectivity index (χ2n) is 9.02. The van der Waals surface area contributed by atoms with Crippen molar-refractivity contribution >= 4 is 17.4 Å². The maximum Gasteiger partial charge on any atom is 0.254 e. The summed E-state index contributed by atoms with van der Waals surface area (Å²) in [5.41, 5.74) is 4.93. The third-order valence-corrected chi connectivity index (χ3v) is 6.63. The fourth-order valence-electron chi connectivity index (χ4n) is 4.85. The Kier molecular flexibility index (Phi) is 6.23. The molecule has 3 aromatic rings. The van der Waals surface area contributed by atoms with Gasteiger partial charge in [-0.1, -0.05) is 48.5 Å². The van der Waals surface area contributed by atoms with Crippen LogP contribution in [0.15, 0.2) is 102 Å². The summed E-state index contributed by atoms with van der Waals surface area (Å²) in [5, 5.41) is 3.06. The minimum absolute atomic E-state index is 0.113. The summed E-state index contributed by atoms with van der Waals surface area (Å²) in [6, 6.07) is 25.0. The van der Waals surface area contributed by atoms with Crippen LogP contribution in [0, 0.1) is 6.92 Å². The monoisotopic (exact) mass is 464 g/mol. The first-order valence-corrected chi connectivity index (χ1v) is 11.9. The van der Waals surface area contributed by atoms with Crippen molar-refractivity contribution in [2.75, 3.05) is 12.4 Å². The van der Waals surface area contributed by atoms with Gasteiger partial charge in [-0.25, -0.2) is 0 Å². The number of nitrogens with one attached hydrogen (secondary N) is 1. The SMILES string of the molecule is Cc1ccccc1NC(=O)C1=CN(C)C2=C(C(=O)CCC2)C1c1ccc(Oc2ccccc2)cc1. The Hall–Kier alpha value is -4.12. The molecular weight excluding hydrogens is 436 g/mol. The number of hydrogen-bond acceptors (Lipinski definition) is 4. The lowest BCUT2D eigenvalue weighted by molar-refractivity contribution is -0.116. The van der Waals surface area contributed by atoms with Gasteiger partial charge < -0.3 is 15.0 Å². The average molecular weight is 465 g/mol. The van der Waals surface area contributed by atoms with Gasteiger partial charge in [0.25, 0.3) is 5.91 Å². The summed E-state index contributed by atoms with van der Waals surface area (Å²) in [5.74, 6) is 0.939. The molecule has 5 heteroatoms. The van der Waals surface area contributed by atoms with Crippen LogP contribution in [-0.4, -0.2) is 23.6 Å². The van der Waals surface area contributed by atoms with E-state index in [1.165, 1.54) is 0 Å². The molecule has 1 unspecified atom stereocenters. The lowest BCUT2D eigenvalue weighted by Gasteiger charge is -2.36. The zero-order valence-corrected chi connectivity index (χ0v) is 20.0. The molecule has 0 bridgehead atoms. The van der Waals surface area contributed by atoms with Crippen LogP contribution in [-0.2, 0) is 9.59 Å². The molecule has 0 fully saturated rings. The number of para-hydroxylation sites is 2. The largest absolute Gasteiger partial charge is 0.457 e. The van der Waals surface area contributed by atoms with Gasteiger partial charge in [0.05, 0.1) is 0 Å². The standard InChI is InChI=1S/C30H28N2O3/c1-20-9-6-7-12-25(20)31-30(34)24-19-32(2)26-13-8-14-27(33)29(26)28(24)21-15-17-23(18-16-21)35-22-10-4-3-5-11-22/h3-7,9-12,15-19,28H,8,13-14H2,1-2H3,(H,31,34). The molecule has 0 saturated heterocycles. The van der Waals surface area contributed by atoms with Gasteiger partial charge in [0.2, 0.25) is 0 Å². The third-order valence-electron chi connectivity index (χ3n) is 6.63. The number of amides is 1. The molecule has 176 valence electrons. The zero-order valence-electron chi connectivity index (χ0n) is 20.0. The van der Waals surface area contributed by atoms with E-state index in [0.29, 0.717) is 17.7 Å². The molecule has 3 aromatic carbocycles. The number of nitrogens with zero attached hydrogens (tertiary/aromatic N) is 1. The highest BCUT2D eigenvalue weighted by molar-refractivity contribution is 6.09. The van der Waals surface area contributed by atoms with Crippen LogP contribution >= 0.6 is 0 Å². The van der Waals surface area contributed by atoms with Gasteiger partial charge in [-0.15, -0.1) is 0 Å². The summed E-state index contributed by atoms with van der Waals surface area (Å²) >= 11 is 0. The smallest absolute Gasteiger partial charge is 0.254 e. The van der Waals surface area contributed by atoms with Gasteiger partial charge in [0, 0.05) is 48.1 Å². The molecule has 1 amide bonds. The van der Waals surface area contributed by atoms with Gasteiger partial charge >= 0.3 is 0 Å². The summed E-state index contributed by atoms with van der Waals surface area (Å²) in [4.78, 5) is 28.7. The first kappa shape index (κ1) is 22.7. The molecule has 0 radical (unpaired) electrons. The van der Waals surface area contributed by atoms with Crippen molar-refractivity contribution < 1.29 is 14.3 Å². The first-order valence-electron chi connectivity index (χ1n) is 11.9. The van der Waals surface area contributed by atoms with E-state index in [0.717, 1.165) is 46.7 Å². The minimum atomic E-state index is -0.427. The van der Waals surface area contributed by atoms with Crippen LogP contribution in [0.4, 0.5) is 5.69 Å². The summed E-state index contributed by atoms with van der Waals surface area (Å²) in [6.07, 6.45) is 4.04. The molecule has 2 aliphatic rings. The number of ketones is 1. The average Bonchev–Trinajstić information content (AvgIpc) is 2.87. The van der Waals surface area contributed by atoms with E-state index in [2.05, 4.69) is 5.32 Å². The van der Waals surface area contributed by atoms with E-state index in [-0.39, 0.29) is 11.7 Å². The van der Waals surface area contributed by atoms with Crippen LogP contribution in [0.25, 0.3) is 0 Å². The van der Waals surface area contributed by atoms with Crippen LogP contribution in [0.3, 0.4) is 0 Å². The Morgan fingerprint density at radius 3 is 2.34 bits per heavy atom. The number of Topliss-reactive ketones (excluding diaryl/α,β-unsaturated/α-hetero) is 1. The van der Waals surface area contributed by atoms with Crippen LogP contribution < -0.4 is 10.1 Å². The molecule has 5 rings (SSSR count). The Morgan fingerprint density at radius 2 is 1.60 bits per heavy atom. The van der Waals surface area contributed by atoms with Crippen molar-refractivity contribution in [2.24, 2.45) is 0 Å². The van der Waals surface area contributed by atoms with Crippen LogP contribution in [0.1, 0.15) is 36.3 Å². The summed E-state index contributed by atoms with van der Waals surface area (Å²) < 4.78 is 5.95. The van der Waals surface area contributed by atoms with E-state index in [9.17, 15) is 9.59 Å². The van der Waals surface area contributed by atoms with E-state index in [4.69, 9.17) is 4.74 Å². The Morgan fingerprint density at radius 1 is 0.914 bits per heavy atom. The first-order chi connectivity index (χ1) is 17.0. The Bertz CT molecular complexity index is 1320. The normalized spacial score (nSPS) is 17.5. The molecule has 0 spiro atoms. The van der Waals surface area contributed by atoms with Gasteiger partial charge in [0.1, 0.15) is 11.5 Å². The highest BCUT2D eigenvalue weighted by Gasteiger charge is 2.38. The number of carbonyl (C=O) groups excluding carboxylic acids is 2. The minimum Gasteiger partial charge on any atom is -0.457 e. The number of ether oxygens (including phenoxy) is 1. The Labute approximate surface area is 205 Å². The second-order valence-corrected chi connectivity index (χ2v) is 9.02. The van der Waals surface area contributed by atoms with E-state index in [1.807, 2.05) is 104 Å². The van der Waals surface area contributed by atoms with Crippen molar-refractivity contribution in [1.29, 1.82) is 0 Å². The second kappa shape index (κ2) is 9.63. The van der Waals surface area contributed by atoms with Crippen LogP contribution in [0.2, 0.25) is 0 Å². The maximum absolute atomic E-state index is 13.6.